The Morgan fingerprint density at radius 2 is 1.81 bits per heavy atom. The minimum Gasteiger partial charge on any atom is -0.325 e. The van der Waals surface area contributed by atoms with Crippen molar-refractivity contribution in [2.75, 3.05) is 24.2 Å². The first-order valence-corrected chi connectivity index (χ1v) is 11.9. The molecule has 0 saturated carbocycles. The third-order valence-electron chi connectivity index (χ3n) is 5.59. The van der Waals surface area contributed by atoms with Crippen molar-refractivity contribution < 1.29 is 9.18 Å². The molecule has 2 heterocycles. The lowest BCUT2D eigenvalue weighted by Gasteiger charge is -2.26. The second kappa shape index (κ2) is 10.3. The predicted octanol–water partition coefficient (Wildman–Crippen LogP) is 4.74. The molecule has 1 aliphatic rings. The summed E-state index contributed by atoms with van der Waals surface area (Å²) in [5.41, 5.74) is 3.79. The molecule has 1 N–H and O–H groups in total. The summed E-state index contributed by atoms with van der Waals surface area (Å²) in [5, 5.41) is 12.4. The minimum atomic E-state index is -0.290. The van der Waals surface area contributed by atoms with Crippen molar-refractivity contribution in [3.8, 4) is 5.69 Å². The number of aryl methyl sites for hydroxylation is 2. The third-order valence-corrected chi connectivity index (χ3v) is 6.52. The van der Waals surface area contributed by atoms with Crippen LogP contribution in [-0.4, -0.2) is 44.4 Å². The highest BCUT2D eigenvalue weighted by Gasteiger charge is 2.19. The predicted molar refractivity (Wildman–Crippen MR) is 126 cm³/mol. The fraction of sp³-hybridized carbons (Fsp3) is 0.375. The Kier molecular flexibility index (Phi) is 7.22. The number of thioether (sulfide) groups is 1. The van der Waals surface area contributed by atoms with E-state index in [0.717, 1.165) is 41.4 Å². The molecule has 3 aromatic rings. The molecule has 0 bridgehead atoms. The van der Waals surface area contributed by atoms with Gasteiger partial charge in [-0.25, -0.2) is 4.39 Å². The Hall–Kier alpha value is -2.71. The summed E-state index contributed by atoms with van der Waals surface area (Å²) in [5.74, 6) is 0.613. The van der Waals surface area contributed by atoms with Crippen molar-refractivity contribution in [3.63, 3.8) is 0 Å². The van der Waals surface area contributed by atoms with Crippen molar-refractivity contribution >= 4 is 23.4 Å². The lowest BCUT2D eigenvalue weighted by atomic mass is 10.1. The lowest BCUT2D eigenvalue weighted by Crippen LogP contribution is -2.30. The van der Waals surface area contributed by atoms with Gasteiger partial charge in [0.25, 0.3) is 0 Å². The molecule has 6 nitrogen and oxygen atoms in total. The van der Waals surface area contributed by atoms with Gasteiger partial charge in [-0.2, -0.15) is 0 Å². The van der Waals surface area contributed by atoms with Gasteiger partial charge in [-0.1, -0.05) is 35.9 Å². The van der Waals surface area contributed by atoms with Crippen LogP contribution < -0.4 is 5.32 Å². The fourth-order valence-electron chi connectivity index (χ4n) is 3.93. The Bertz CT molecular complexity index is 1080. The Morgan fingerprint density at radius 3 is 2.53 bits per heavy atom. The van der Waals surface area contributed by atoms with Crippen LogP contribution in [-0.2, 0) is 11.3 Å². The number of carbonyl (C=O) groups is 1. The van der Waals surface area contributed by atoms with E-state index in [-0.39, 0.29) is 17.5 Å². The van der Waals surface area contributed by atoms with Crippen LogP contribution in [0.4, 0.5) is 10.1 Å². The van der Waals surface area contributed by atoms with Crippen LogP contribution >= 0.6 is 11.8 Å². The summed E-state index contributed by atoms with van der Waals surface area (Å²) in [6.07, 6.45) is 3.63. The second-order valence-electron chi connectivity index (χ2n) is 8.20. The number of carbonyl (C=O) groups excluding carboxylic acids is 1. The fourth-order valence-corrected chi connectivity index (χ4v) is 4.70. The van der Waals surface area contributed by atoms with E-state index in [1.807, 2.05) is 36.6 Å². The molecule has 1 aromatic heterocycles. The number of amides is 1. The van der Waals surface area contributed by atoms with Gasteiger partial charge in [-0.15, -0.1) is 10.2 Å². The van der Waals surface area contributed by atoms with Gasteiger partial charge in [0.15, 0.2) is 11.0 Å². The number of hydrogen-bond donors (Lipinski definition) is 1. The summed E-state index contributed by atoms with van der Waals surface area (Å²) in [7, 11) is 0. The summed E-state index contributed by atoms with van der Waals surface area (Å²) >= 11 is 1.33. The highest BCUT2D eigenvalue weighted by Crippen LogP contribution is 2.25. The molecule has 1 fully saturated rings. The molecule has 0 radical (unpaired) electrons. The van der Waals surface area contributed by atoms with Crippen LogP contribution in [0.1, 0.15) is 36.2 Å². The summed E-state index contributed by atoms with van der Waals surface area (Å²) in [6, 6.07) is 12.2. The smallest absolute Gasteiger partial charge is 0.234 e. The number of aromatic nitrogens is 3. The monoisotopic (exact) mass is 453 g/mol. The van der Waals surface area contributed by atoms with Gasteiger partial charge < -0.3 is 5.32 Å². The van der Waals surface area contributed by atoms with Gasteiger partial charge in [0.05, 0.1) is 12.3 Å². The standard InChI is InChI=1S/C24H28FN5OS/c1-17-6-11-21(18(2)14-17)26-23(31)16-32-24-28-27-22(15-29-12-4-3-5-13-29)30(24)20-9-7-19(25)8-10-20/h6-11,14H,3-5,12-13,15-16H2,1-2H3,(H,26,31). The number of benzene rings is 2. The van der Waals surface area contributed by atoms with Crippen LogP contribution in [0, 0.1) is 19.7 Å². The number of halogens is 1. The van der Waals surface area contributed by atoms with Gasteiger partial charge in [0.1, 0.15) is 5.82 Å². The number of nitrogens with one attached hydrogen (secondary N) is 1. The van der Waals surface area contributed by atoms with Gasteiger partial charge in [0, 0.05) is 11.4 Å². The molecule has 0 aliphatic carbocycles. The molecule has 168 valence electrons. The van der Waals surface area contributed by atoms with Crippen molar-refractivity contribution in [3.05, 3.63) is 65.2 Å². The molecule has 2 aromatic carbocycles. The van der Waals surface area contributed by atoms with Gasteiger partial charge >= 0.3 is 0 Å². The first-order valence-electron chi connectivity index (χ1n) is 10.9. The summed E-state index contributed by atoms with van der Waals surface area (Å²) in [4.78, 5) is 15.0. The lowest BCUT2D eigenvalue weighted by molar-refractivity contribution is -0.113. The van der Waals surface area contributed by atoms with E-state index in [1.54, 1.807) is 12.1 Å². The quantitative estimate of drug-likeness (QED) is 0.524. The molecule has 0 spiro atoms. The first-order chi connectivity index (χ1) is 15.5. The van der Waals surface area contributed by atoms with Crippen molar-refractivity contribution in [2.24, 2.45) is 0 Å². The zero-order chi connectivity index (χ0) is 22.5. The number of piperidine rings is 1. The van der Waals surface area contributed by atoms with E-state index >= 15 is 0 Å². The van der Waals surface area contributed by atoms with E-state index in [1.165, 1.54) is 43.2 Å². The van der Waals surface area contributed by atoms with E-state index in [0.29, 0.717) is 11.7 Å². The van der Waals surface area contributed by atoms with E-state index in [4.69, 9.17) is 0 Å². The van der Waals surface area contributed by atoms with Crippen molar-refractivity contribution in [1.82, 2.24) is 19.7 Å². The van der Waals surface area contributed by atoms with Gasteiger partial charge in [0.2, 0.25) is 5.91 Å². The third kappa shape index (κ3) is 5.55. The molecule has 4 rings (SSSR count). The largest absolute Gasteiger partial charge is 0.325 e. The van der Waals surface area contributed by atoms with Crippen LogP contribution in [0.2, 0.25) is 0 Å². The van der Waals surface area contributed by atoms with Gasteiger partial charge in [-0.3, -0.25) is 14.3 Å². The zero-order valence-corrected chi connectivity index (χ0v) is 19.3. The summed E-state index contributed by atoms with van der Waals surface area (Å²) in [6.45, 7) is 6.76. The molecule has 8 heteroatoms. The maximum absolute atomic E-state index is 13.5. The Balaban J connectivity index is 1.50. The normalized spacial score (nSPS) is 14.5. The van der Waals surface area contributed by atoms with Crippen molar-refractivity contribution in [2.45, 2.75) is 44.8 Å². The molecular formula is C24H28FN5OS. The molecule has 0 unspecified atom stereocenters. The SMILES string of the molecule is Cc1ccc(NC(=O)CSc2nnc(CN3CCCCC3)n2-c2ccc(F)cc2)c(C)c1. The van der Waals surface area contributed by atoms with Crippen molar-refractivity contribution in [1.29, 1.82) is 0 Å². The highest BCUT2D eigenvalue weighted by molar-refractivity contribution is 7.99. The van der Waals surface area contributed by atoms with E-state index < -0.39 is 0 Å². The first kappa shape index (κ1) is 22.5. The number of anilines is 1. The number of hydrogen-bond acceptors (Lipinski definition) is 5. The van der Waals surface area contributed by atoms with E-state index in [9.17, 15) is 9.18 Å². The highest BCUT2D eigenvalue weighted by atomic mass is 32.2. The number of rotatable bonds is 7. The van der Waals surface area contributed by atoms with Crippen LogP contribution in [0.3, 0.4) is 0 Å². The molecule has 1 aliphatic heterocycles. The average molecular weight is 454 g/mol. The minimum absolute atomic E-state index is 0.104. The maximum atomic E-state index is 13.5. The Labute approximate surface area is 192 Å². The molecule has 0 atom stereocenters. The van der Waals surface area contributed by atoms with Crippen LogP contribution in [0.15, 0.2) is 47.6 Å². The number of likely N-dealkylation sites (tertiary alicyclic amines) is 1. The molecular weight excluding hydrogens is 425 g/mol. The molecule has 32 heavy (non-hydrogen) atoms. The van der Waals surface area contributed by atoms with Gasteiger partial charge in [-0.05, 0) is 75.7 Å². The van der Waals surface area contributed by atoms with Crippen LogP contribution in [0.5, 0.6) is 0 Å². The topological polar surface area (TPSA) is 63.1 Å². The second-order valence-corrected chi connectivity index (χ2v) is 9.15. The zero-order valence-electron chi connectivity index (χ0n) is 18.5. The molecule has 1 amide bonds. The maximum Gasteiger partial charge on any atom is 0.234 e. The molecule has 1 saturated heterocycles. The summed E-state index contributed by atoms with van der Waals surface area (Å²) < 4.78 is 15.4. The van der Waals surface area contributed by atoms with Crippen LogP contribution in [0.25, 0.3) is 5.69 Å². The average Bonchev–Trinajstić information content (AvgIpc) is 3.18. The Morgan fingerprint density at radius 1 is 1.06 bits per heavy atom. The number of nitrogens with zero attached hydrogens (tertiary/aromatic N) is 4. The van der Waals surface area contributed by atoms with E-state index in [2.05, 4.69) is 20.4 Å².